The van der Waals surface area contributed by atoms with Crippen molar-refractivity contribution in [2.45, 2.75) is 12.6 Å². The van der Waals surface area contributed by atoms with Gasteiger partial charge in [-0.3, -0.25) is 4.90 Å². The van der Waals surface area contributed by atoms with Crippen LogP contribution in [-0.4, -0.2) is 31.6 Å². The molecule has 21 heavy (non-hydrogen) atoms. The van der Waals surface area contributed by atoms with Crippen LogP contribution < -0.4 is 10.1 Å². The third-order valence-electron chi connectivity index (χ3n) is 4.00. The molecule has 1 saturated heterocycles. The molecule has 2 aromatic carbocycles. The standard InChI is InChI=1S/C18H22N2O/c1-21-17-9-5-8-16(12-17)18-14-20(11-10-19-18)13-15-6-3-2-4-7-15/h2-9,12,18-19H,10-11,13-14H2,1H3. The van der Waals surface area contributed by atoms with Gasteiger partial charge in [0.15, 0.2) is 0 Å². The highest BCUT2D eigenvalue weighted by Crippen LogP contribution is 2.22. The Morgan fingerprint density at radius 2 is 2.00 bits per heavy atom. The highest BCUT2D eigenvalue weighted by atomic mass is 16.5. The third-order valence-corrected chi connectivity index (χ3v) is 4.00. The van der Waals surface area contributed by atoms with Gasteiger partial charge >= 0.3 is 0 Å². The van der Waals surface area contributed by atoms with Crippen molar-refractivity contribution in [3.8, 4) is 5.75 Å². The lowest BCUT2D eigenvalue weighted by Crippen LogP contribution is -2.45. The predicted octanol–water partition coefficient (Wildman–Crippen LogP) is 2.84. The van der Waals surface area contributed by atoms with Gasteiger partial charge in [0, 0.05) is 32.2 Å². The minimum atomic E-state index is 0.373. The Bertz CT molecular complexity index is 570. The number of hydrogen-bond acceptors (Lipinski definition) is 3. The zero-order valence-electron chi connectivity index (χ0n) is 12.5. The summed E-state index contributed by atoms with van der Waals surface area (Å²) in [4.78, 5) is 2.51. The van der Waals surface area contributed by atoms with E-state index in [4.69, 9.17) is 4.74 Å². The van der Waals surface area contributed by atoms with E-state index in [-0.39, 0.29) is 0 Å². The molecule has 0 aliphatic carbocycles. The van der Waals surface area contributed by atoms with Gasteiger partial charge in [-0.25, -0.2) is 0 Å². The quantitative estimate of drug-likeness (QED) is 0.933. The Morgan fingerprint density at radius 1 is 1.14 bits per heavy atom. The van der Waals surface area contributed by atoms with Crippen molar-refractivity contribution in [3.05, 3.63) is 65.7 Å². The second kappa shape index (κ2) is 6.74. The molecular formula is C18H22N2O. The third kappa shape index (κ3) is 3.63. The average molecular weight is 282 g/mol. The first-order valence-corrected chi connectivity index (χ1v) is 7.49. The van der Waals surface area contributed by atoms with Crippen LogP contribution in [0.25, 0.3) is 0 Å². The van der Waals surface area contributed by atoms with E-state index in [0.29, 0.717) is 6.04 Å². The highest BCUT2D eigenvalue weighted by molar-refractivity contribution is 5.31. The van der Waals surface area contributed by atoms with Gasteiger partial charge in [0.05, 0.1) is 7.11 Å². The normalized spacial score (nSPS) is 19.4. The lowest BCUT2D eigenvalue weighted by atomic mass is 10.0. The first-order valence-electron chi connectivity index (χ1n) is 7.49. The van der Waals surface area contributed by atoms with E-state index in [1.54, 1.807) is 7.11 Å². The Balaban J connectivity index is 1.67. The molecule has 1 atom stereocenters. The zero-order valence-corrected chi connectivity index (χ0v) is 12.5. The summed E-state index contributed by atoms with van der Waals surface area (Å²) < 4.78 is 5.33. The summed E-state index contributed by atoms with van der Waals surface area (Å²) in [5.41, 5.74) is 2.68. The molecule has 1 fully saturated rings. The van der Waals surface area contributed by atoms with Crippen LogP contribution in [0.5, 0.6) is 5.75 Å². The van der Waals surface area contributed by atoms with Crippen molar-refractivity contribution >= 4 is 0 Å². The van der Waals surface area contributed by atoms with Crippen LogP contribution in [0, 0.1) is 0 Å². The molecule has 3 heteroatoms. The Labute approximate surface area is 126 Å². The van der Waals surface area contributed by atoms with E-state index in [1.807, 2.05) is 6.07 Å². The maximum absolute atomic E-state index is 5.33. The number of hydrogen-bond donors (Lipinski definition) is 1. The van der Waals surface area contributed by atoms with Crippen LogP contribution in [0.15, 0.2) is 54.6 Å². The van der Waals surface area contributed by atoms with Crippen LogP contribution in [0.2, 0.25) is 0 Å². The van der Waals surface area contributed by atoms with Crippen LogP contribution in [0.1, 0.15) is 17.2 Å². The molecule has 0 saturated carbocycles. The van der Waals surface area contributed by atoms with Gasteiger partial charge in [0.1, 0.15) is 5.75 Å². The molecular weight excluding hydrogens is 260 g/mol. The fourth-order valence-corrected chi connectivity index (χ4v) is 2.88. The van der Waals surface area contributed by atoms with Crippen molar-refractivity contribution in [1.29, 1.82) is 0 Å². The monoisotopic (exact) mass is 282 g/mol. The minimum absolute atomic E-state index is 0.373. The van der Waals surface area contributed by atoms with E-state index in [2.05, 4.69) is 58.7 Å². The van der Waals surface area contributed by atoms with Gasteiger partial charge in [-0.2, -0.15) is 0 Å². The van der Waals surface area contributed by atoms with Gasteiger partial charge in [-0.15, -0.1) is 0 Å². The SMILES string of the molecule is COc1cccc(C2CN(Cc3ccccc3)CCN2)c1. The van der Waals surface area contributed by atoms with Crippen LogP contribution >= 0.6 is 0 Å². The molecule has 1 aliphatic rings. The first kappa shape index (κ1) is 14.1. The van der Waals surface area contributed by atoms with Crippen LogP contribution in [-0.2, 0) is 6.54 Å². The first-order chi connectivity index (χ1) is 10.3. The van der Waals surface area contributed by atoms with E-state index >= 15 is 0 Å². The molecule has 110 valence electrons. The van der Waals surface area contributed by atoms with Crippen molar-refractivity contribution in [2.24, 2.45) is 0 Å². The lowest BCUT2D eigenvalue weighted by molar-refractivity contribution is 0.193. The maximum Gasteiger partial charge on any atom is 0.119 e. The number of nitrogens with zero attached hydrogens (tertiary/aromatic N) is 1. The minimum Gasteiger partial charge on any atom is -0.497 e. The molecule has 3 nitrogen and oxygen atoms in total. The summed E-state index contributed by atoms with van der Waals surface area (Å²) in [7, 11) is 1.72. The Kier molecular flexibility index (Phi) is 4.53. The molecule has 1 heterocycles. The fourth-order valence-electron chi connectivity index (χ4n) is 2.88. The lowest BCUT2D eigenvalue weighted by Gasteiger charge is -2.34. The summed E-state index contributed by atoms with van der Waals surface area (Å²) in [5.74, 6) is 0.925. The molecule has 0 amide bonds. The van der Waals surface area contributed by atoms with Gasteiger partial charge in [-0.05, 0) is 23.3 Å². The smallest absolute Gasteiger partial charge is 0.119 e. The molecule has 1 aliphatic heterocycles. The fraction of sp³-hybridized carbons (Fsp3) is 0.333. The van der Waals surface area contributed by atoms with Gasteiger partial charge < -0.3 is 10.1 Å². The molecule has 3 rings (SSSR count). The van der Waals surface area contributed by atoms with Crippen molar-refractivity contribution in [1.82, 2.24) is 10.2 Å². The number of nitrogens with one attached hydrogen (secondary N) is 1. The average Bonchev–Trinajstić information content (AvgIpc) is 2.56. The second-order valence-corrected chi connectivity index (χ2v) is 5.50. The Morgan fingerprint density at radius 3 is 2.81 bits per heavy atom. The molecule has 0 bridgehead atoms. The summed E-state index contributed by atoms with van der Waals surface area (Å²) in [6.45, 7) is 4.16. The number of methoxy groups -OCH3 is 1. The predicted molar refractivity (Wildman–Crippen MR) is 85.5 cm³/mol. The number of rotatable bonds is 4. The number of piperazine rings is 1. The molecule has 0 aromatic heterocycles. The molecule has 0 spiro atoms. The van der Waals surface area contributed by atoms with Crippen molar-refractivity contribution in [3.63, 3.8) is 0 Å². The van der Waals surface area contributed by atoms with Crippen molar-refractivity contribution < 1.29 is 4.74 Å². The largest absolute Gasteiger partial charge is 0.497 e. The topological polar surface area (TPSA) is 24.5 Å². The summed E-state index contributed by atoms with van der Waals surface area (Å²) in [5, 5.41) is 3.61. The van der Waals surface area contributed by atoms with Crippen molar-refractivity contribution in [2.75, 3.05) is 26.7 Å². The molecule has 0 radical (unpaired) electrons. The van der Waals surface area contributed by atoms with Gasteiger partial charge in [0.2, 0.25) is 0 Å². The summed E-state index contributed by atoms with van der Waals surface area (Å²) >= 11 is 0. The van der Waals surface area contributed by atoms with E-state index < -0.39 is 0 Å². The summed E-state index contributed by atoms with van der Waals surface area (Å²) in [6.07, 6.45) is 0. The second-order valence-electron chi connectivity index (χ2n) is 5.50. The Hall–Kier alpha value is -1.84. The highest BCUT2D eigenvalue weighted by Gasteiger charge is 2.20. The molecule has 1 unspecified atom stereocenters. The van der Waals surface area contributed by atoms with Crippen LogP contribution in [0.4, 0.5) is 0 Å². The van der Waals surface area contributed by atoms with Crippen LogP contribution in [0.3, 0.4) is 0 Å². The summed E-state index contributed by atoms with van der Waals surface area (Å²) in [6, 6.07) is 19.4. The zero-order chi connectivity index (χ0) is 14.5. The number of ether oxygens (including phenoxy) is 1. The van der Waals surface area contributed by atoms with E-state index in [9.17, 15) is 0 Å². The maximum atomic E-state index is 5.33. The molecule has 1 N–H and O–H groups in total. The van der Waals surface area contributed by atoms with E-state index in [1.165, 1.54) is 11.1 Å². The van der Waals surface area contributed by atoms with Gasteiger partial charge in [-0.1, -0.05) is 42.5 Å². The van der Waals surface area contributed by atoms with E-state index in [0.717, 1.165) is 31.9 Å². The molecule has 2 aromatic rings. The van der Waals surface area contributed by atoms with Gasteiger partial charge in [0.25, 0.3) is 0 Å². The number of benzene rings is 2.